The fourth-order valence-electron chi connectivity index (χ4n) is 19.0. The minimum atomic E-state index is -0.565. The number of amides is 1. The molecule has 87 heavy (non-hydrogen) atoms. The van der Waals surface area contributed by atoms with E-state index in [4.69, 9.17) is 51.8 Å². The number of carbonyl (C=O) groups excluding carboxylic acids is 2. The number of carboxylic acid groups (broad SMARTS) is 1. The van der Waals surface area contributed by atoms with E-state index in [1.165, 1.54) is 74.5 Å². The van der Waals surface area contributed by atoms with Crippen LogP contribution in [0.2, 0.25) is 15.1 Å². The van der Waals surface area contributed by atoms with E-state index in [0.717, 1.165) is 84.0 Å². The number of rotatable bonds is 9. The quantitative estimate of drug-likeness (QED) is 0.0616. The lowest BCUT2D eigenvalue weighted by Gasteiger charge is -2.61. The van der Waals surface area contributed by atoms with Gasteiger partial charge in [0.25, 0.3) is 0 Å². The molecule has 12 saturated carbocycles. The summed E-state index contributed by atoms with van der Waals surface area (Å²) in [5.74, 6) is 3.85. The smallest absolute Gasteiger partial charge is 0.481 e. The molecule has 466 valence electrons. The second-order valence-electron chi connectivity index (χ2n) is 26.4. The molecule has 1 amide bonds. The molecule has 0 aliphatic heterocycles. The molecule has 6 aromatic rings. The van der Waals surface area contributed by atoms with E-state index in [2.05, 4.69) is 56.7 Å². The Labute approximate surface area is 546 Å². The summed E-state index contributed by atoms with van der Waals surface area (Å²) < 4.78 is 7.91. The summed E-state index contributed by atoms with van der Waals surface area (Å²) >= 11 is 20.2. The Bertz CT molecular complexity index is 3190. The van der Waals surface area contributed by atoms with Crippen LogP contribution in [0.5, 0.6) is 0 Å². The second-order valence-corrected chi connectivity index (χ2v) is 27.7. The molecule has 0 saturated heterocycles. The Morgan fingerprint density at radius 1 is 0.575 bits per heavy atom. The van der Waals surface area contributed by atoms with E-state index in [1.54, 1.807) is 48.1 Å². The monoisotopic (exact) mass is 1350 g/mol. The molecule has 3 heterocycles. The maximum Gasteiger partial charge on any atom is 0.794 e. The van der Waals surface area contributed by atoms with Crippen molar-refractivity contribution < 1.29 is 30.8 Å². The standard InChI is InChI=1S/C23H25ClN2O.C20H21ClN2O.C17H19ClO2.C6H8N2.CH3I.CHO2.3CH4/c24-20-3-1-19(2-4-20)22-10-17-9-18(11-22)13-23(12-17,15-22)21(27)26-14-16-5-7-25-8-6-16;21-17-3-1-16(2-4-17)19-8-14-7-15(9-19)11-20(10-14,12-19)18(24)23-6-5-22-13-23;18-14-3-1-13(2-4-14)16-6-11-5-12(7-16)9-17(8-11,10-16)15(19)20;7-5-6-1-3-8-4-2-6;1-2;2-1-3;;;/h1-8,17-18H,9-15H2,(H,26,27);1-6,13-15H,7-12H2;1-4,11-12H,5-10H2,(H,19,20);1-4H,5,7H2;1H3;(H,2,3);3*1H4/q;;;;;+1;;;/i;;;;1D;;;;. The van der Waals surface area contributed by atoms with E-state index in [9.17, 15) is 19.5 Å². The molecule has 3 aromatic heterocycles. The molecule has 12 nitrogen and oxygen atoms in total. The van der Waals surface area contributed by atoms with Gasteiger partial charge in [-0.1, -0.05) is 116 Å². The van der Waals surface area contributed by atoms with Gasteiger partial charge in [0, 0.05) is 66.7 Å². The number of aliphatic hydroxyl groups excluding tert-OH is 1. The molecule has 3 aromatic carbocycles. The van der Waals surface area contributed by atoms with Crippen molar-refractivity contribution in [2.24, 2.45) is 57.5 Å². The molecule has 5 N–H and O–H groups in total. The van der Waals surface area contributed by atoms with Crippen LogP contribution in [0.15, 0.2) is 141 Å². The number of halogens is 4. The third-order valence-electron chi connectivity index (χ3n) is 20.9. The maximum absolute atomic E-state index is 13.3. The summed E-state index contributed by atoms with van der Waals surface area (Å²) in [5, 5.41) is 22.1. The molecule has 6 unspecified atom stereocenters. The zero-order valence-electron chi connectivity index (χ0n) is 48.5. The molecular weight excluding hydrogens is 1270 g/mol. The molecule has 16 heteroatoms. The summed E-state index contributed by atoms with van der Waals surface area (Å²) in [5.41, 5.74) is 11.2. The van der Waals surface area contributed by atoms with Gasteiger partial charge < -0.3 is 16.2 Å². The third kappa shape index (κ3) is 14.7. The van der Waals surface area contributed by atoms with Gasteiger partial charge in [-0.05, 0) is 261 Å². The van der Waals surface area contributed by atoms with E-state index < -0.39 is 11.4 Å². The molecule has 12 fully saturated rings. The van der Waals surface area contributed by atoms with Crippen LogP contribution in [0.4, 0.5) is 0 Å². The molecular formula is C71H89Cl3IN6O6+. The Morgan fingerprint density at radius 3 is 1.24 bits per heavy atom. The molecule has 12 aliphatic rings. The van der Waals surface area contributed by atoms with Crippen molar-refractivity contribution in [3.63, 3.8) is 0 Å². The normalized spacial score (nSPS) is 31.4. The number of aliphatic carboxylic acids is 1. The third-order valence-corrected chi connectivity index (χ3v) is 21.6. The number of carboxylic acids is 1. The number of nitrogens with one attached hydrogen (secondary N) is 1. The van der Waals surface area contributed by atoms with Crippen molar-refractivity contribution in [2.75, 3.05) is 4.91 Å². The van der Waals surface area contributed by atoms with Crippen LogP contribution in [-0.2, 0) is 43.7 Å². The number of pyridine rings is 2. The van der Waals surface area contributed by atoms with Gasteiger partial charge in [-0.15, -0.1) is 0 Å². The van der Waals surface area contributed by atoms with E-state index in [-0.39, 0.29) is 61.2 Å². The molecule has 6 atom stereocenters. The Hall–Kier alpha value is -5.28. The van der Waals surface area contributed by atoms with Crippen LogP contribution in [0.3, 0.4) is 0 Å². The summed E-state index contributed by atoms with van der Waals surface area (Å²) in [4.78, 5) is 59.2. The fourth-order valence-corrected chi connectivity index (χ4v) is 19.4. The van der Waals surface area contributed by atoms with Crippen molar-refractivity contribution >= 4 is 81.6 Å². The molecule has 12 bridgehead atoms. The van der Waals surface area contributed by atoms with Gasteiger partial charge in [-0.2, -0.15) is 0 Å². The minimum absolute atomic E-state index is 0. The van der Waals surface area contributed by atoms with Crippen molar-refractivity contribution in [1.82, 2.24) is 24.8 Å². The second kappa shape index (κ2) is 29.1. The highest BCUT2D eigenvalue weighted by molar-refractivity contribution is 14.1. The lowest BCUT2D eigenvalue weighted by molar-refractivity contribution is -0.167. The number of nitrogens with zero attached hydrogens (tertiary/aromatic N) is 4. The van der Waals surface area contributed by atoms with Crippen LogP contribution in [0.25, 0.3) is 0 Å². The van der Waals surface area contributed by atoms with Crippen LogP contribution in [0.1, 0.15) is 172 Å². The highest BCUT2D eigenvalue weighted by Crippen LogP contribution is 2.68. The lowest BCUT2D eigenvalue weighted by atomic mass is 9.42. The average molecular weight is 1360 g/mol. The molecule has 0 radical (unpaired) electrons. The Balaban J connectivity index is 0.000000168. The zero-order chi connectivity index (χ0) is 60.0. The predicted octanol–water partition coefficient (Wildman–Crippen LogP) is 17.0. The van der Waals surface area contributed by atoms with Crippen LogP contribution in [-0.4, -0.2) is 58.9 Å². The summed E-state index contributed by atoms with van der Waals surface area (Å²) in [6.45, 7) is 1.69. The number of imidazole rings is 1. The van der Waals surface area contributed by atoms with Crippen molar-refractivity contribution in [1.29, 1.82) is 0 Å². The first-order chi connectivity index (χ1) is 40.9. The number of hydrogen-bond acceptors (Lipinski definition) is 8. The number of nitrogens with two attached hydrogens (primary N) is 1. The average Bonchev–Trinajstić information content (AvgIpc) is 1.24. The minimum Gasteiger partial charge on any atom is -0.481 e. The highest BCUT2D eigenvalue weighted by atomic mass is 127. The van der Waals surface area contributed by atoms with E-state index in [1.807, 2.05) is 83.3 Å². The molecule has 0 spiro atoms. The number of aromatic nitrogens is 4. The van der Waals surface area contributed by atoms with E-state index in [0.29, 0.717) is 60.0 Å². The predicted molar refractivity (Wildman–Crippen MR) is 358 cm³/mol. The number of alkyl halides is 1. The largest absolute Gasteiger partial charge is 0.794 e. The van der Waals surface area contributed by atoms with E-state index >= 15 is 0 Å². The Morgan fingerprint density at radius 2 is 0.908 bits per heavy atom. The maximum atomic E-state index is 13.3. The van der Waals surface area contributed by atoms with Gasteiger partial charge >= 0.3 is 12.4 Å². The first-order valence-corrected chi connectivity index (χ1v) is 32.3. The molecule has 18 rings (SSSR count). The van der Waals surface area contributed by atoms with Gasteiger partial charge in [0.15, 0.2) is 0 Å². The topological polar surface area (TPSA) is 190 Å². The summed E-state index contributed by atoms with van der Waals surface area (Å²) in [6.07, 6.45) is 32.1. The van der Waals surface area contributed by atoms with Crippen LogP contribution < -0.4 is 11.1 Å². The van der Waals surface area contributed by atoms with Gasteiger partial charge in [0.05, 0.1) is 21.0 Å². The van der Waals surface area contributed by atoms with Crippen molar-refractivity contribution in [3.8, 4) is 0 Å². The van der Waals surface area contributed by atoms with Crippen LogP contribution >= 0.6 is 57.4 Å². The van der Waals surface area contributed by atoms with Gasteiger partial charge in [0.1, 0.15) is 6.33 Å². The zero-order valence-corrected chi connectivity index (χ0v) is 51.9. The van der Waals surface area contributed by atoms with Crippen molar-refractivity contribution in [3.05, 3.63) is 183 Å². The number of benzene rings is 3. The summed E-state index contributed by atoms with van der Waals surface area (Å²) in [7, 11) is 0. The number of hydrogen-bond donors (Lipinski definition) is 4. The first-order valence-electron chi connectivity index (χ1n) is 30.3. The Kier molecular flexibility index (Phi) is 22.6. The fraction of sp³-hybridized carbons (Fsp3) is 0.507. The SMILES string of the molecule is C.C.C.NCc1ccncc1.O=C(NCc1ccncc1)C12CC3CC(C1)CC(c1ccc(Cl)cc1)(C3)C2.O=C(O)C12CC3CC(C1)CC(c1ccc(Cl)cc1)(C3)C2.O=C(n1ccnc1)C12CC3CC(C1)CC(c1ccc(Cl)cc1)(C3)C2.O=[C+]O.[2H]CI. The van der Waals surface area contributed by atoms with Gasteiger partial charge in [-0.25, -0.2) is 10.1 Å². The van der Waals surface area contributed by atoms with Crippen LogP contribution in [0, 0.1) is 51.8 Å². The summed E-state index contributed by atoms with van der Waals surface area (Å²) in [6, 6.07) is 32.6. The first kappa shape index (κ1) is 67.6. The van der Waals surface area contributed by atoms with Crippen molar-refractivity contribution in [2.45, 2.75) is 167 Å². The number of carbonyl (C=O) groups is 3. The van der Waals surface area contributed by atoms with Gasteiger partial charge in [-0.3, -0.25) is 28.9 Å². The molecule has 12 aliphatic carbocycles. The lowest BCUT2D eigenvalue weighted by Crippen LogP contribution is -2.59. The van der Waals surface area contributed by atoms with Gasteiger partial charge in [0.2, 0.25) is 11.8 Å². The highest BCUT2D eigenvalue weighted by Gasteiger charge is 2.64.